The lowest BCUT2D eigenvalue weighted by atomic mass is 9.93. The van der Waals surface area contributed by atoms with E-state index in [1.807, 2.05) is 18.0 Å². The van der Waals surface area contributed by atoms with E-state index in [9.17, 15) is 9.59 Å². The molecule has 1 fully saturated rings. The highest BCUT2D eigenvalue weighted by molar-refractivity contribution is 5.92. The highest BCUT2D eigenvalue weighted by atomic mass is 16.2. The molecular formula is C20H27N5O2. The van der Waals surface area contributed by atoms with Crippen LogP contribution in [0.4, 0.5) is 0 Å². The summed E-state index contributed by atoms with van der Waals surface area (Å²) in [4.78, 5) is 31.2. The minimum absolute atomic E-state index is 0.0275. The maximum Gasteiger partial charge on any atom is 0.273 e. The summed E-state index contributed by atoms with van der Waals surface area (Å²) >= 11 is 0. The van der Waals surface area contributed by atoms with Crippen molar-refractivity contribution in [3.05, 3.63) is 45.4 Å². The fourth-order valence-electron chi connectivity index (χ4n) is 4.29. The van der Waals surface area contributed by atoms with Crippen molar-refractivity contribution in [2.24, 2.45) is 7.05 Å². The summed E-state index contributed by atoms with van der Waals surface area (Å²) in [5, 5.41) is 4.48. The van der Waals surface area contributed by atoms with Crippen molar-refractivity contribution in [1.29, 1.82) is 0 Å². The summed E-state index contributed by atoms with van der Waals surface area (Å²) in [5.74, 6) is 1.40. The van der Waals surface area contributed by atoms with Gasteiger partial charge in [-0.2, -0.15) is 10.1 Å². The highest BCUT2D eigenvalue weighted by Crippen LogP contribution is 2.29. The van der Waals surface area contributed by atoms with E-state index in [4.69, 9.17) is 0 Å². The van der Waals surface area contributed by atoms with Crippen molar-refractivity contribution in [3.63, 3.8) is 0 Å². The van der Waals surface area contributed by atoms with Crippen LogP contribution < -0.4 is 5.56 Å². The van der Waals surface area contributed by atoms with Gasteiger partial charge in [0.1, 0.15) is 11.5 Å². The van der Waals surface area contributed by atoms with Gasteiger partial charge >= 0.3 is 0 Å². The van der Waals surface area contributed by atoms with Gasteiger partial charge in [0, 0.05) is 50.8 Å². The first-order valence-corrected chi connectivity index (χ1v) is 9.88. The zero-order valence-electron chi connectivity index (χ0n) is 16.3. The van der Waals surface area contributed by atoms with Gasteiger partial charge in [-0.05, 0) is 31.2 Å². The van der Waals surface area contributed by atoms with Gasteiger partial charge in [-0.25, -0.2) is 0 Å². The summed E-state index contributed by atoms with van der Waals surface area (Å²) < 4.78 is 3.89. The quantitative estimate of drug-likeness (QED) is 0.830. The maximum atomic E-state index is 13.1. The van der Waals surface area contributed by atoms with Crippen LogP contribution in [-0.2, 0) is 20.0 Å². The number of hydrogen-bond donors (Lipinski definition) is 0. The molecule has 4 heterocycles. The van der Waals surface area contributed by atoms with Gasteiger partial charge in [0.15, 0.2) is 0 Å². The maximum absolute atomic E-state index is 13.1. The molecule has 1 saturated heterocycles. The van der Waals surface area contributed by atoms with Crippen LogP contribution >= 0.6 is 0 Å². The molecule has 0 N–H and O–H groups in total. The molecule has 2 aliphatic heterocycles. The number of aromatic nitrogens is 4. The Bertz CT molecular complexity index is 927. The molecule has 7 heteroatoms. The molecule has 0 radical (unpaired) electrons. The van der Waals surface area contributed by atoms with Crippen molar-refractivity contribution in [3.8, 4) is 0 Å². The molecule has 2 aliphatic rings. The van der Waals surface area contributed by atoms with Gasteiger partial charge in [0.25, 0.3) is 11.5 Å². The molecule has 1 amide bonds. The number of rotatable bonds is 3. The lowest BCUT2D eigenvalue weighted by Crippen LogP contribution is -2.40. The third kappa shape index (κ3) is 3.31. The first-order valence-electron chi connectivity index (χ1n) is 9.88. The van der Waals surface area contributed by atoms with Gasteiger partial charge in [0.05, 0.1) is 5.69 Å². The smallest absolute Gasteiger partial charge is 0.273 e. The standard InChI is InChI=1S/C20H27N5O2/c1-13(2)15-10-17(23(3)22-15)20(27)24-8-4-6-14(12-24)16-11-19(26)21-18-7-5-9-25(16)18/h10-11,13-14H,4-9,12H2,1-3H3/t14-/m1/s1. The summed E-state index contributed by atoms with van der Waals surface area (Å²) in [7, 11) is 1.83. The Balaban J connectivity index is 1.59. The lowest BCUT2D eigenvalue weighted by molar-refractivity contribution is 0.0693. The molecule has 1 atom stereocenters. The molecule has 0 bridgehead atoms. The average molecular weight is 369 g/mol. The minimum atomic E-state index is -0.158. The lowest BCUT2D eigenvalue weighted by Gasteiger charge is -2.33. The largest absolute Gasteiger partial charge is 0.337 e. The van der Waals surface area contributed by atoms with Crippen LogP contribution in [0.25, 0.3) is 0 Å². The number of nitrogens with zero attached hydrogens (tertiary/aromatic N) is 5. The van der Waals surface area contributed by atoms with Crippen LogP contribution in [0.15, 0.2) is 16.9 Å². The Morgan fingerprint density at radius 2 is 2.04 bits per heavy atom. The molecule has 27 heavy (non-hydrogen) atoms. The summed E-state index contributed by atoms with van der Waals surface area (Å²) in [6, 6.07) is 3.58. The Hall–Kier alpha value is -2.44. The van der Waals surface area contributed by atoms with E-state index in [0.717, 1.165) is 56.0 Å². The first-order chi connectivity index (χ1) is 12.9. The van der Waals surface area contributed by atoms with Crippen molar-refractivity contribution < 1.29 is 4.79 Å². The predicted molar refractivity (Wildman–Crippen MR) is 102 cm³/mol. The van der Waals surface area contributed by atoms with Crippen LogP contribution in [0, 0.1) is 0 Å². The molecule has 2 aromatic heterocycles. The average Bonchev–Trinajstić information content (AvgIpc) is 3.27. The molecular weight excluding hydrogens is 342 g/mol. The van der Waals surface area contributed by atoms with Crippen molar-refractivity contribution in [2.75, 3.05) is 13.1 Å². The van der Waals surface area contributed by atoms with Crippen LogP contribution in [0.1, 0.15) is 72.6 Å². The van der Waals surface area contributed by atoms with Gasteiger partial charge < -0.3 is 9.47 Å². The zero-order valence-corrected chi connectivity index (χ0v) is 16.3. The summed E-state index contributed by atoms with van der Waals surface area (Å²) in [6.07, 6.45) is 3.84. The third-order valence-corrected chi connectivity index (χ3v) is 5.75. The Morgan fingerprint density at radius 1 is 1.22 bits per heavy atom. The number of piperidine rings is 1. The Kier molecular flexibility index (Phi) is 4.61. The van der Waals surface area contributed by atoms with E-state index in [1.165, 1.54) is 0 Å². The Morgan fingerprint density at radius 3 is 2.78 bits per heavy atom. The number of amides is 1. The van der Waals surface area contributed by atoms with Gasteiger partial charge in [-0.15, -0.1) is 0 Å². The van der Waals surface area contributed by atoms with E-state index in [2.05, 4.69) is 28.5 Å². The molecule has 4 rings (SSSR count). The third-order valence-electron chi connectivity index (χ3n) is 5.75. The van der Waals surface area contributed by atoms with Crippen molar-refractivity contribution in [1.82, 2.24) is 24.2 Å². The summed E-state index contributed by atoms with van der Waals surface area (Å²) in [6.45, 7) is 6.47. The van der Waals surface area contributed by atoms with Crippen molar-refractivity contribution >= 4 is 5.91 Å². The molecule has 144 valence electrons. The Labute approximate surface area is 159 Å². The van der Waals surface area contributed by atoms with Crippen LogP contribution in [0.5, 0.6) is 0 Å². The van der Waals surface area contributed by atoms with E-state index in [-0.39, 0.29) is 23.3 Å². The number of likely N-dealkylation sites (tertiary alicyclic amines) is 1. The molecule has 0 aromatic carbocycles. The summed E-state index contributed by atoms with van der Waals surface area (Å²) in [5.41, 5.74) is 2.46. The predicted octanol–water partition coefficient (Wildman–Crippen LogP) is 2.07. The SMILES string of the molecule is CC(C)c1cc(C(=O)N2CCC[C@@H](c3cc(=O)nc4n3CCC4)C2)n(C)n1. The first kappa shape index (κ1) is 17.9. The second-order valence-electron chi connectivity index (χ2n) is 8.01. The van der Waals surface area contributed by atoms with E-state index in [1.54, 1.807) is 10.7 Å². The van der Waals surface area contributed by atoms with E-state index >= 15 is 0 Å². The molecule has 7 nitrogen and oxygen atoms in total. The topological polar surface area (TPSA) is 73.0 Å². The number of fused-ring (bicyclic) bond motifs is 1. The molecule has 0 unspecified atom stereocenters. The van der Waals surface area contributed by atoms with Crippen LogP contribution in [0.2, 0.25) is 0 Å². The van der Waals surface area contributed by atoms with Crippen LogP contribution in [0.3, 0.4) is 0 Å². The van der Waals surface area contributed by atoms with E-state index < -0.39 is 0 Å². The molecule has 0 spiro atoms. The molecule has 0 saturated carbocycles. The number of aryl methyl sites for hydroxylation is 2. The fraction of sp³-hybridized carbons (Fsp3) is 0.600. The fourth-order valence-corrected chi connectivity index (χ4v) is 4.29. The number of hydrogen-bond acceptors (Lipinski definition) is 4. The normalized spacial score (nSPS) is 19.6. The van der Waals surface area contributed by atoms with Gasteiger partial charge in [-0.1, -0.05) is 13.8 Å². The molecule has 2 aromatic rings. The monoisotopic (exact) mass is 369 g/mol. The van der Waals surface area contributed by atoms with Gasteiger partial charge in [-0.3, -0.25) is 14.3 Å². The minimum Gasteiger partial charge on any atom is -0.337 e. The van der Waals surface area contributed by atoms with Gasteiger partial charge in [0.2, 0.25) is 0 Å². The second kappa shape index (κ2) is 6.94. The number of carbonyl (C=O) groups excluding carboxylic acids is 1. The number of carbonyl (C=O) groups is 1. The van der Waals surface area contributed by atoms with E-state index in [0.29, 0.717) is 12.2 Å². The van der Waals surface area contributed by atoms with Crippen LogP contribution in [-0.4, -0.2) is 43.2 Å². The second-order valence-corrected chi connectivity index (χ2v) is 8.01. The molecule has 0 aliphatic carbocycles. The highest BCUT2D eigenvalue weighted by Gasteiger charge is 2.30. The van der Waals surface area contributed by atoms with Crippen molar-refractivity contribution in [2.45, 2.75) is 57.9 Å². The zero-order chi connectivity index (χ0) is 19.1.